The van der Waals surface area contributed by atoms with Gasteiger partial charge in [0.2, 0.25) is 0 Å². The van der Waals surface area contributed by atoms with E-state index in [0.717, 1.165) is 12.8 Å². The van der Waals surface area contributed by atoms with Gasteiger partial charge in [0.1, 0.15) is 23.4 Å². The van der Waals surface area contributed by atoms with Crippen molar-refractivity contribution in [1.82, 2.24) is 0 Å². The minimum absolute atomic E-state index is 0.303. The van der Waals surface area contributed by atoms with Crippen LogP contribution in [-0.4, -0.2) is 41.1 Å². The Labute approximate surface area is 149 Å². The lowest BCUT2D eigenvalue weighted by molar-refractivity contribution is -0.179. The number of ether oxygens (including phenoxy) is 4. The van der Waals surface area contributed by atoms with Gasteiger partial charge in [0.15, 0.2) is 5.79 Å². The Hall–Kier alpha value is -1.66. The van der Waals surface area contributed by atoms with Gasteiger partial charge in [-0.2, -0.15) is 0 Å². The molecular formula is C19H28O6. The fourth-order valence-electron chi connectivity index (χ4n) is 2.73. The smallest absolute Gasteiger partial charge is 0.333 e. The van der Waals surface area contributed by atoms with Gasteiger partial charge >= 0.3 is 11.9 Å². The van der Waals surface area contributed by atoms with Crippen molar-refractivity contribution in [3.63, 3.8) is 0 Å². The topological polar surface area (TPSA) is 71.1 Å². The van der Waals surface area contributed by atoms with E-state index in [9.17, 15) is 9.59 Å². The average Bonchev–Trinajstić information content (AvgIpc) is 3.06. The maximum Gasteiger partial charge on any atom is 0.333 e. The molecule has 0 aromatic rings. The highest BCUT2D eigenvalue weighted by Gasteiger charge is 2.64. The molecule has 0 radical (unpaired) electrons. The molecule has 0 unspecified atom stereocenters. The first-order chi connectivity index (χ1) is 11.3. The van der Waals surface area contributed by atoms with Crippen molar-refractivity contribution in [3.05, 3.63) is 24.3 Å². The van der Waals surface area contributed by atoms with Gasteiger partial charge in [0, 0.05) is 24.0 Å². The number of esters is 2. The molecule has 1 saturated carbocycles. The van der Waals surface area contributed by atoms with Crippen molar-refractivity contribution in [2.75, 3.05) is 0 Å². The number of hydrogen-bond donors (Lipinski definition) is 0. The number of hydrogen-bond acceptors (Lipinski definition) is 6. The molecule has 2 rings (SSSR count). The van der Waals surface area contributed by atoms with E-state index in [1.807, 2.05) is 0 Å². The summed E-state index contributed by atoms with van der Waals surface area (Å²) >= 11 is 0. The summed E-state index contributed by atoms with van der Waals surface area (Å²) in [5, 5.41) is 0. The maximum absolute atomic E-state index is 12.0. The molecule has 0 amide bonds. The lowest BCUT2D eigenvalue weighted by atomic mass is 9.87. The van der Waals surface area contributed by atoms with Crippen LogP contribution in [0.15, 0.2) is 24.3 Å². The Balaban J connectivity index is 2.25. The van der Waals surface area contributed by atoms with Gasteiger partial charge in [-0.05, 0) is 41.5 Å². The van der Waals surface area contributed by atoms with Gasteiger partial charge < -0.3 is 18.9 Å². The van der Waals surface area contributed by atoms with Gasteiger partial charge in [-0.15, -0.1) is 0 Å². The largest absolute Gasteiger partial charge is 0.453 e. The molecule has 140 valence electrons. The third-order valence-electron chi connectivity index (χ3n) is 4.40. The zero-order valence-corrected chi connectivity index (χ0v) is 15.9. The Bertz CT molecular complexity index is 561. The van der Waals surface area contributed by atoms with Crippen molar-refractivity contribution >= 4 is 11.9 Å². The minimum Gasteiger partial charge on any atom is -0.453 e. The lowest BCUT2D eigenvalue weighted by Gasteiger charge is -2.39. The monoisotopic (exact) mass is 352 g/mol. The first-order valence-corrected chi connectivity index (χ1v) is 8.43. The molecular weight excluding hydrogens is 324 g/mol. The van der Waals surface area contributed by atoms with Crippen LogP contribution in [0, 0.1) is 0 Å². The van der Waals surface area contributed by atoms with Gasteiger partial charge in [-0.3, -0.25) is 0 Å². The van der Waals surface area contributed by atoms with Gasteiger partial charge in [0.05, 0.1) is 0 Å². The van der Waals surface area contributed by atoms with E-state index in [2.05, 4.69) is 13.2 Å². The zero-order valence-electron chi connectivity index (χ0n) is 15.9. The molecule has 1 saturated heterocycles. The summed E-state index contributed by atoms with van der Waals surface area (Å²) in [6, 6.07) is 0. The quantitative estimate of drug-likeness (QED) is 0.540. The normalized spacial score (nSPS) is 24.7. The number of carbonyl (C=O) groups is 2. The van der Waals surface area contributed by atoms with E-state index in [4.69, 9.17) is 18.9 Å². The molecule has 6 nitrogen and oxygen atoms in total. The molecule has 1 heterocycles. The summed E-state index contributed by atoms with van der Waals surface area (Å²) in [6.07, 6.45) is 0.335. The average molecular weight is 352 g/mol. The van der Waals surface area contributed by atoms with Crippen LogP contribution >= 0.6 is 0 Å². The first-order valence-electron chi connectivity index (χ1n) is 8.43. The molecule has 0 N–H and O–H groups in total. The SMILES string of the molecule is C=C(C)C(=O)OC(C)(C)[C@@H]1OC2(CC2)O[C@H]1C(C)(C)OC(=O)C(=C)C. The van der Waals surface area contributed by atoms with Crippen LogP contribution < -0.4 is 0 Å². The maximum atomic E-state index is 12.0. The third-order valence-corrected chi connectivity index (χ3v) is 4.40. The molecule has 0 aromatic heterocycles. The Morgan fingerprint density at radius 2 is 1.20 bits per heavy atom. The first kappa shape index (κ1) is 19.7. The van der Waals surface area contributed by atoms with E-state index in [1.54, 1.807) is 41.5 Å². The molecule has 2 aliphatic rings. The van der Waals surface area contributed by atoms with Crippen molar-refractivity contribution in [1.29, 1.82) is 0 Å². The zero-order chi connectivity index (χ0) is 19.2. The third kappa shape index (κ3) is 4.12. The highest BCUT2D eigenvalue weighted by atomic mass is 16.8. The second-order valence-corrected chi connectivity index (χ2v) is 8.03. The van der Waals surface area contributed by atoms with E-state index >= 15 is 0 Å². The summed E-state index contributed by atoms with van der Waals surface area (Å²) in [6.45, 7) is 17.4. The predicted octanol–water partition coefficient (Wildman–Crippen LogP) is 3.06. The number of carbonyl (C=O) groups excluding carboxylic acids is 2. The van der Waals surface area contributed by atoms with Crippen molar-refractivity contribution in [3.8, 4) is 0 Å². The fraction of sp³-hybridized carbons (Fsp3) is 0.684. The Morgan fingerprint density at radius 1 is 0.880 bits per heavy atom. The summed E-state index contributed by atoms with van der Waals surface area (Å²) < 4.78 is 23.4. The fourth-order valence-corrected chi connectivity index (χ4v) is 2.73. The van der Waals surface area contributed by atoms with Crippen LogP contribution in [0.1, 0.15) is 54.4 Å². The Kier molecular flexibility index (Phi) is 4.92. The summed E-state index contributed by atoms with van der Waals surface area (Å²) in [5.74, 6) is -1.67. The van der Waals surface area contributed by atoms with Crippen LogP contribution in [0.2, 0.25) is 0 Å². The highest BCUT2D eigenvalue weighted by Crippen LogP contribution is 2.52. The highest BCUT2D eigenvalue weighted by molar-refractivity contribution is 5.87. The summed E-state index contributed by atoms with van der Waals surface area (Å²) in [7, 11) is 0. The molecule has 1 spiro atoms. The molecule has 6 heteroatoms. The number of rotatable bonds is 6. The van der Waals surface area contributed by atoms with E-state index in [0.29, 0.717) is 11.1 Å². The molecule has 0 bridgehead atoms. The second kappa shape index (κ2) is 6.25. The molecule has 1 aliphatic carbocycles. The molecule has 25 heavy (non-hydrogen) atoms. The predicted molar refractivity (Wildman–Crippen MR) is 91.7 cm³/mol. The van der Waals surface area contributed by atoms with Crippen LogP contribution in [0.3, 0.4) is 0 Å². The molecule has 2 atom stereocenters. The van der Waals surface area contributed by atoms with E-state index in [1.165, 1.54) is 0 Å². The lowest BCUT2D eigenvalue weighted by Crippen LogP contribution is -2.55. The van der Waals surface area contributed by atoms with E-state index in [-0.39, 0.29) is 0 Å². The van der Waals surface area contributed by atoms with Crippen LogP contribution in [-0.2, 0) is 28.5 Å². The van der Waals surface area contributed by atoms with Gasteiger partial charge in [0.25, 0.3) is 0 Å². The van der Waals surface area contributed by atoms with Crippen LogP contribution in [0.4, 0.5) is 0 Å². The van der Waals surface area contributed by atoms with Crippen molar-refractivity contribution in [2.24, 2.45) is 0 Å². The minimum atomic E-state index is -0.986. The summed E-state index contributed by atoms with van der Waals surface area (Å²) in [5.41, 5.74) is -1.37. The molecule has 0 aromatic carbocycles. The van der Waals surface area contributed by atoms with Gasteiger partial charge in [-0.1, -0.05) is 13.2 Å². The van der Waals surface area contributed by atoms with Crippen LogP contribution in [0.25, 0.3) is 0 Å². The Morgan fingerprint density at radius 3 is 1.44 bits per heavy atom. The van der Waals surface area contributed by atoms with Gasteiger partial charge in [-0.25, -0.2) is 9.59 Å². The standard InChI is InChI=1S/C19H28O6/c1-11(2)15(20)24-17(5,6)13-14(23-19(22-13)9-10-19)18(7,8)25-16(21)12(3)4/h13-14H,1,3,9-10H2,2,4-8H3/t13-,14-/m1/s1. The van der Waals surface area contributed by atoms with E-state index < -0.39 is 41.1 Å². The second-order valence-electron chi connectivity index (χ2n) is 8.03. The van der Waals surface area contributed by atoms with Crippen molar-refractivity contribution < 1.29 is 28.5 Å². The van der Waals surface area contributed by atoms with Crippen LogP contribution in [0.5, 0.6) is 0 Å². The summed E-state index contributed by atoms with van der Waals surface area (Å²) in [4.78, 5) is 24.0. The van der Waals surface area contributed by atoms with Crippen molar-refractivity contribution in [2.45, 2.75) is 83.6 Å². The molecule has 2 fully saturated rings. The molecule has 1 aliphatic heterocycles.